The van der Waals surface area contributed by atoms with Gasteiger partial charge in [0.05, 0.1) is 12.9 Å². The second-order valence-corrected chi connectivity index (χ2v) is 13.0. The molecule has 0 aliphatic heterocycles. The molecule has 4 atom stereocenters. The van der Waals surface area contributed by atoms with Gasteiger partial charge in [-0.2, -0.15) is 9.97 Å². The Hall–Kier alpha value is -2.25. The number of aliphatic hydroxyl groups excluding tert-OH is 2. The van der Waals surface area contributed by atoms with Crippen LogP contribution >= 0.6 is 26.8 Å². The highest BCUT2D eigenvalue weighted by Gasteiger charge is 2.35. The molecule has 1 unspecified atom stereocenters. The fraction of sp³-hybridized carbons (Fsp3) is 0.409. The van der Waals surface area contributed by atoms with Gasteiger partial charge in [0.2, 0.25) is 5.28 Å². The van der Waals surface area contributed by atoms with Gasteiger partial charge in [-0.3, -0.25) is 13.7 Å². The summed E-state index contributed by atoms with van der Waals surface area (Å²) in [6.07, 6.45) is -3.78. The SMILES string of the molecule is CC/C=C(/COP(=O)(O)CP(=O)(O)O)[C@@H](O)[C@H](F)[C@@H](O)n1cnc2c(N(C)Cc3ccccc3)nc(Cl)nc21. The highest BCUT2D eigenvalue weighted by atomic mass is 35.5. The van der Waals surface area contributed by atoms with E-state index in [4.69, 9.17) is 25.9 Å². The molecule has 39 heavy (non-hydrogen) atoms. The van der Waals surface area contributed by atoms with Crippen LogP contribution in [0, 0.1) is 0 Å². The van der Waals surface area contributed by atoms with Crippen LogP contribution < -0.4 is 4.90 Å². The van der Waals surface area contributed by atoms with Crippen LogP contribution in [0.1, 0.15) is 25.1 Å². The number of allylic oxidation sites excluding steroid dienone is 1. The number of nitrogens with zero attached hydrogens (tertiary/aromatic N) is 5. The van der Waals surface area contributed by atoms with Gasteiger partial charge < -0.3 is 34.3 Å². The van der Waals surface area contributed by atoms with Crippen molar-refractivity contribution in [2.75, 3.05) is 24.5 Å². The monoisotopic (exact) mass is 607 g/mol. The number of halogens is 2. The molecule has 0 bridgehead atoms. The minimum absolute atomic E-state index is 0.00830. The first kappa shape index (κ1) is 31.3. The molecule has 13 nitrogen and oxygen atoms in total. The zero-order valence-electron chi connectivity index (χ0n) is 20.9. The molecule has 0 spiro atoms. The van der Waals surface area contributed by atoms with Crippen molar-refractivity contribution in [2.24, 2.45) is 0 Å². The van der Waals surface area contributed by atoms with Crippen LogP contribution in [0.3, 0.4) is 0 Å². The van der Waals surface area contributed by atoms with Crippen molar-refractivity contribution in [2.45, 2.75) is 38.4 Å². The van der Waals surface area contributed by atoms with Crippen LogP contribution in [0.15, 0.2) is 48.3 Å². The van der Waals surface area contributed by atoms with Gasteiger partial charge in [0.15, 0.2) is 35.3 Å². The minimum Gasteiger partial charge on any atom is -0.385 e. The summed E-state index contributed by atoms with van der Waals surface area (Å²) in [7, 11) is -7.90. The van der Waals surface area contributed by atoms with E-state index in [-0.39, 0.29) is 28.4 Å². The molecule has 1 aromatic carbocycles. The third-order valence-electron chi connectivity index (χ3n) is 5.51. The lowest BCUT2D eigenvalue weighted by molar-refractivity contribution is -0.0352. The van der Waals surface area contributed by atoms with Gasteiger partial charge in [0.1, 0.15) is 6.10 Å². The van der Waals surface area contributed by atoms with Gasteiger partial charge in [0, 0.05) is 13.6 Å². The number of anilines is 1. The van der Waals surface area contributed by atoms with Crippen LogP contribution in [0.4, 0.5) is 10.2 Å². The van der Waals surface area contributed by atoms with Crippen molar-refractivity contribution in [3.8, 4) is 0 Å². The van der Waals surface area contributed by atoms with Gasteiger partial charge in [-0.1, -0.05) is 43.3 Å². The van der Waals surface area contributed by atoms with Gasteiger partial charge in [0.25, 0.3) is 0 Å². The molecule has 0 aliphatic rings. The summed E-state index contributed by atoms with van der Waals surface area (Å²) in [6.45, 7) is 1.26. The number of aliphatic hydroxyl groups is 2. The van der Waals surface area contributed by atoms with Gasteiger partial charge in [-0.25, -0.2) is 9.37 Å². The molecule has 2 aromatic heterocycles. The Bertz CT molecular complexity index is 1410. The topological polar surface area (TPSA) is 191 Å². The van der Waals surface area contributed by atoms with Crippen LogP contribution in [0.5, 0.6) is 0 Å². The largest absolute Gasteiger partial charge is 0.385 e. The van der Waals surface area contributed by atoms with Crippen LogP contribution in [-0.4, -0.2) is 76.2 Å². The average Bonchev–Trinajstić information content (AvgIpc) is 3.27. The summed E-state index contributed by atoms with van der Waals surface area (Å²) in [5.41, 5.74) is 0.959. The maximum Gasteiger partial charge on any atom is 0.340 e. The zero-order chi connectivity index (χ0) is 29.0. The van der Waals surface area contributed by atoms with Crippen LogP contribution in [-0.2, 0) is 20.2 Å². The third-order valence-corrected chi connectivity index (χ3v) is 9.12. The smallest absolute Gasteiger partial charge is 0.340 e. The molecule has 3 rings (SSSR count). The molecule has 5 N–H and O–H groups in total. The van der Waals surface area contributed by atoms with E-state index in [9.17, 15) is 24.2 Å². The lowest BCUT2D eigenvalue weighted by atomic mass is 10.0. The molecule has 0 saturated carbocycles. The molecule has 17 heteroatoms. The van der Waals surface area contributed by atoms with Crippen molar-refractivity contribution in [3.63, 3.8) is 0 Å². The third kappa shape index (κ3) is 8.37. The Morgan fingerprint density at radius 1 is 1.21 bits per heavy atom. The lowest BCUT2D eigenvalue weighted by Crippen LogP contribution is -2.34. The van der Waals surface area contributed by atoms with Crippen molar-refractivity contribution < 1.29 is 42.9 Å². The molecule has 2 heterocycles. The second kappa shape index (κ2) is 12.9. The molecular formula is C22H29ClFN5O8P2. The molecule has 214 valence electrons. The molecule has 3 aromatic rings. The van der Waals surface area contributed by atoms with E-state index in [2.05, 4.69) is 15.0 Å². The summed E-state index contributed by atoms with van der Waals surface area (Å²) >= 11 is 6.12. The number of fused-ring (bicyclic) bond motifs is 1. The highest BCUT2D eigenvalue weighted by Crippen LogP contribution is 2.55. The van der Waals surface area contributed by atoms with E-state index < -0.39 is 46.2 Å². The fourth-order valence-electron chi connectivity index (χ4n) is 3.76. The number of alkyl halides is 1. The first-order valence-corrected chi connectivity index (χ1v) is 15.5. The summed E-state index contributed by atoms with van der Waals surface area (Å²) < 4.78 is 44.1. The summed E-state index contributed by atoms with van der Waals surface area (Å²) in [6, 6.07) is 9.48. The van der Waals surface area contributed by atoms with Crippen molar-refractivity contribution >= 4 is 43.8 Å². The van der Waals surface area contributed by atoms with E-state index in [0.29, 0.717) is 12.4 Å². The zero-order valence-corrected chi connectivity index (χ0v) is 23.5. The van der Waals surface area contributed by atoms with Crippen molar-refractivity contribution in [3.05, 3.63) is 59.2 Å². The standard InChI is InChI=1S/C22H29ClFN5O8P2/c1-3-7-15(11-37-39(35,36)13-38(32,33)34)18(30)16(24)21(31)29-12-25-17-19(26-22(23)27-20(17)29)28(2)10-14-8-5-4-6-9-14/h4-9,12,16,18,21,30-31H,3,10-11,13H2,1-2H3,(H,35,36)(H2,32,33,34)/b15-7-/t16-,18+,21+/m0/s1. The maximum absolute atomic E-state index is 15.4. The van der Waals surface area contributed by atoms with Crippen molar-refractivity contribution in [1.82, 2.24) is 19.5 Å². The number of imidazole rings is 1. The lowest BCUT2D eigenvalue weighted by Gasteiger charge is -2.25. The number of rotatable bonds is 13. The summed E-state index contributed by atoms with van der Waals surface area (Å²) in [4.78, 5) is 41.8. The molecule has 0 fully saturated rings. The predicted octanol–water partition coefficient (Wildman–Crippen LogP) is 2.98. The molecule has 0 saturated heterocycles. The van der Waals surface area contributed by atoms with Crippen LogP contribution in [0.25, 0.3) is 11.2 Å². The van der Waals surface area contributed by atoms with Gasteiger partial charge in [-0.05, 0) is 29.2 Å². The Kier molecular flexibility index (Phi) is 10.4. The predicted molar refractivity (Wildman–Crippen MR) is 142 cm³/mol. The number of benzene rings is 1. The quantitative estimate of drug-likeness (QED) is 0.109. The number of hydrogen-bond acceptors (Lipinski definition) is 9. The molecule has 0 amide bonds. The Balaban J connectivity index is 1.84. The van der Waals surface area contributed by atoms with E-state index in [1.165, 1.54) is 6.08 Å². The molecule has 0 radical (unpaired) electrons. The van der Waals surface area contributed by atoms with E-state index in [0.717, 1.165) is 16.5 Å². The molecular weight excluding hydrogens is 579 g/mol. The maximum atomic E-state index is 15.4. The van der Waals surface area contributed by atoms with Gasteiger partial charge in [-0.15, -0.1) is 0 Å². The summed E-state index contributed by atoms with van der Waals surface area (Å²) in [5.74, 6) is -1.13. The minimum atomic E-state index is -4.88. The number of aromatic nitrogens is 4. The highest BCUT2D eigenvalue weighted by molar-refractivity contribution is 7.70. The van der Waals surface area contributed by atoms with E-state index in [1.807, 2.05) is 30.3 Å². The Morgan fingerprint density at radius 2 is 1.87 bits per heavy atom. The van der Waals surface area contributed by atoms with Crippen LogP contribution in [0.2, 0.25) is 5.28 Å². The first-order valence-electron chi connectivity index (χ1n) is 11.6. The Morgan fingerprint density at radius 3 is 2.49 bits per heavy atom. The normalized spacial score (nSPS) is 16.6. The molecule has 0 aliphatic carbocycles. The first-order chi connectivity index (χ1) is 18.2. The second-order valence-electron chi connectivity index (χ2n) is 8.69. The van der Waals surface area contributed by atoms with E-state index >= 15 is 4.39 Å². The number of hydrogen-bond donors (Lipinski definition) is 5. The average molecular weight is 608 g/mol. The summed E-state index contributed by atoms with van der Waals surface area (Å²) in [5, 5.41) is 21.2. The fourth-order valence-corrected chi connectivity index (χ4v) is 6.46. The van der Waals surface area contributed by atoms with E-state index in [1.54, 1.807) is 18.9 Å². The van der Waals surface area contributed by atoms with Crippen molar-refractivity contribution in [1.29, 1.82) is 0 Å². The van der Waals surface area contributed by atoms with Gasteiger partial charge >= 0.3 is 15.2 Å². The Labute approximate surface area is 228 Å².